The number of fused-ring (bicyclic) bond motifs is 4. The first-order valence-corrected chi connectivity index (χ1v) is 11.1. The molecular weight excluding hydrogens is 400 g/mol. The maximum Gasteiger partial charge on any atom is 0.0541 e. The van der Waals surface area contributed by atoms with Gasteiger partial charge in [-0.2, -0.15) is 0 Å². The number of hydrogen-bond donors (Lipinski definition) is 0. The van der Waals surface area contributed by atoms with Crippen LogP contribution in [0.1, 0.15) is 11.3 Å². The summed E-state index contributed by atoms with van der Waals surface area (Å²) >= 11 is 0. The molecule has 33 heavy (non-hydrogen) atoms. The number of allylic oxidation sites excluding steroid dienone is 1. The van der Waals surface area contributed by atoms with E-state index in [1.165, 1.54) is 38.3 Å². The minimum atomic E-state index is 1.11. The van der Waals surface area contributed by atoms with Crippen LogP contribution in [-0.2, 0) is 0 Å². The molecule has 2 heterocycles. The molecule has 0 N–H and O–H groups in total. The molecule has 0 bridgehead atoms. The molecule has 0 spiro atoms. The Hall–Kier alpha value is -4.48. The molecule has 0 saturated carbocycles. The SMILES string of the molecule is C#C/C=C\c1c(C)c2ccccc2n1-c1cccc(-n2c3ccccc3c3ccccc32)c1. The standard InChI is InChI=1S/C31H22N2/c1-3-4-17-28-22(2)25-14-5-8-18-29(25)32(28)23-12-11-13-24(21-23)33-30-19-9-6-15-26(30)27-16-7-10-20-31(27)33/h1,4-21H,2H3/b17-4-. The number of benzene rings is 4. The van der Waals surface area contributed by atoms with Gasteiger partial charge in [0, 0.05) is 27.5 Å². The number of nitrogens with zero attached hydrogens (tertiary/aromatic N) is 2. The van der Waals surface area contributed by atoms with E-state index in [-0.39, 0.29) is 0 Å². The molecule has 2 nitrogen and oxygen atoms in total. The van der Waals surface area contributed by atoms with Gasteiger partial charge in [0.05, 0.1) is 22.2 Å². The van der Waals surface area contributed by atoms with Gasteiger partial charge in [0.15, 0.2) is 0 Å². The second kappa shape index (κ2) is 7.58. The first-order valence-electron chi connectivity index (χ1n) is 11.1. The predicted octanol–water partition coefficient (Wildman–Crippen LogP) is 7.68. The van der Waals surface area contributed by atoms with E-state index in [1.807, 2.05) is 6.08 Å². The van der Waals surface area contributed by atoms with Crippen LogP contribution in [-0.4, -0.2) is 9.13 Å². The molecular formula is C31H22N2. The largest absolute Gasteiger partial charge is 0.309 e. The molecule has 2 aromatic heterocycles. The Morgan fingerprint density at radius 2 is 1.15 bits per heavy atom. The summed E-state index contributed by atoms with van der Waals surface area (Å²) in [4.78, 5) is 0. The molecule has 0 atom stereocenters. The van der Waals surface area contributed by atoms with Crippen molar-refractivity contribution >= 4 is 38.8 Å². The second-order valence-electron chi connectivity index (χ2n) is 8.25. The molecule has 0 amide bonds. The van der Waals surface area contributed by atoms with Gasteiger partial charge in [0.2, 0.25) is 0 Å². The Bertz CT molecular complexity index is 1680. The first kappa shape index (κ1) is 19.2. The number of para-hydroxylation sites is 3. The molecule has 4 aromatic carbocycles. The van der Waals surface area contributed by atoms with Crippen LogP contribution in [0.3, 0.4) is 0 Å². The zero-order valence-electron chi connectivity index (χ0n) is 18.4. The van der Waals surface area contributed by atoms with Crippen molar-refractivity contribution in [3.05, 3.63) is 114 Å². The Morgan fingerprint density at radius 3 is 1.76 bits per heavy atom. The zero-order chi connectivity index (χ0) is 22.4. The molecule has 6 rings (SSSR count). The summed E-state index contributed by atoms with van der Waals surface area (Å²) in [6.07, 6.45) is 9.36. The topological polar surface area (TPSA) is 9.86 Å². The van der Waals surface area contributed by atoms with Crippen molar-refractivity contribution in [2.24, 2.45) is 0 Å². The third-order valence-electron chi connectivity index (χ3n) is 6.44. The van der Waals surface area contributed by atoms with Crippen molar-refractivity contribution in [3.63, 3.8) is 0 Å². The summed E-state index contributed by atoms with van der Waals surface area (Å²) in [6, 6.07) is 34.5. The van der Waals surface area contributed by atoms with Crippen molar-refractivity contribution in [2.45, 2.75) is 6.92 Å². The normalized spacial score (nSPS) is 11.6. The minimum absolute atomic E-state index is 1.11. The van der Waals surface area contributed by atoms with Gasteiger partial charge < -0.3 is 9.13 Å². The van der Waals surface area contributed by atoms with E-state index < -0.39 is 0 Å². The summed E-state index contributed by atoms with van der Waals surface area (Å²) in [5, 5.41) is 3.76. The number of terminal acetylenes is 1. The fourth-order valence-electron chi connectivity index (χ4n) is 5.00. The highest BCUT2D eigenvalue weighted by atomic mass is 15.0. The van der Waals surface area contributed by atoms with Gasteiger partial charge in [-0.25, -0.2) is 0 Å². The molecule has 0 fully saturated rings. The van der Waals surface area contributed by atoms with E-state index in [0.717, 1.165) is 17.1 Å². The molecule has 0 radical (unpaired) electrons. The van der Waals surface area contributed by atoms with Crippen LogP contribution >= 0.6 is 0 Å². The lowest BCUT2D eigenvalue weighted by molar-refractivity contribution is 1.08. The quantitative estimate of drug-likeness (QED) is 0.259. The van der Waals surface area contributed by atoms with E-state index >= 15 is 0 Å². The van der Waals surface area contributed by atoms with E-state index in [4.69, 9.17) is 6.42 Å². The number of hydrogen-bond acceptors (Lipinski definition) is 0. The van der Waals surface area contributed by atoms with Gasteiger partial charge in [0.1, 0.15) is 0 Å². The monoisotopic (exact) mass is 422 g/mol. The predicted molar refractivity (Wildman–Crippen MR) is 140 cm³/mol. The summed E-state index contributed by atoms with van der Waals surface area (Å²) < 4.78 is 4.65. The average Bonchev–Trinajstić information content (AvgIpc) is 3.35. The maximum atomic E-state index is 5.55. The molecule has 6 aromatic rings. The molecule has 0 aliphatic heterocycles. The first-order chi connectivity index (χ1) is 16.3. The third kappa shape index (κ3) is 2.91. The van der Waals surface area contributed by atoms with Crippen molar-refractivity contribution in [2.75, 3.05) is 0 Å². The summed E-state index contributed by atoms with van der Waals surface area (Å²) in [5.74, 6) is 2.64. The smallest absolute Gasteiger partial charge is 0.0541 e. The Balaban J connectivity index is 1.65. The van der Waals surface area contributed by atoms with Gasteiger partial charge in [-0.3, -0.25) is 0 Å². The van der Waals surface area contributed by atoms with E-state index in [1.54, 1.807) is 6.08 Å². The number of aryl methyl sites for hydroxylation is 1. The van der Waals surface area contributed by atoms with Crippen LogP contribution < -0.4 is 0 Å². The highest BCUT2D eigenvalue weighted by Gasteiger charge is 2.15. The fraction of sp³-hybridized carbons (Fsp3) is 0.0323. The van der Waals surface area contributed by atoms with Crippen molar-refractivity contribution in [3.8, 4) is 23.7 Å². The lowest BCUT2D eigenvalue weighted by Crippen LogP contribution is -2.00. The minimum Gasteiger partial charge on any atom is -0.309 e. The molecule has 0 aliphatic carbocycles. The molecule has 156 valence electrons. The van der Waals surface area contributed by atoms with E-state index in [9.17, 15) is 0 Å². The van der Waals surface area contributed by atoms with Crippen LogP contribution in [0.2, 0.25) is 0 Å². The van der Waals surface area contributed by atoms with Gasteiger partial charge in [-0.1, -0.05) is 66.6 Å². The van der Waals surface area contributed by atoms with Crippen LogP contribution in [0.4, 0.5) is 0 Å². The molecule has 0 aliphatic rings. The van der Waals surface area contributed by atoms with Gasteiger partial charge in [-0.15, -0.1) is 6.42 Å². The Morgan fingerprint density at radius 1 is 0.636 bits per heavy atom. The maximum absolute atomic E-state index is 5.55. The summed E-state index contributed by atoms with van der Waals surface area (Å²) in [7, 11) is 0. The van der Waals surface area contributed by atoms with Crippen LogP contribution in [0.15, 0.2) is 103 Å². The van der Waals surface area contributed by atoms with E-state index in [2.05, 4.69) is 119 Å². The highest BCUT2D eigenvalue weighted by molar-refractivity contribution is 6.09. The van der Waals surface area contributed by atoms with Crippen molar-refractivity contribution in [1.29, 1.82) is 0 Å². The summed E-state index contributed by atoms with van der Waals surface area (Å²) in [6.45, 7) is 2.16. The number of rotatable bonds is 3. The second-order valence-corrected chi connectivity index (χ2v) is 8.25. The highest BCUT2D eigenvalue weighted by Crippen LogP contribution is 2.34. The zero-order valence-corrected chi connectivity index (χ0v) is 18.4. The third-order valence-corrected chi connectivity index (χ3v) is 6.44. The van der Waals surface area contributed by atoms with Crippen LogP contribution in [0, 0.1) is 19.3 Å². The van der Waals surface area contributed by atoms with E-state index in [0.29, 0.717) is 0 Å². The van der Waals surface area contributed by atoms with Crippen molar-refractivity contribution in [1.82, 2.24) is 9.13 Å². The molecule has 2 heteroatoms. The van der Waals surface area contributed by atoms with Crippen LogP contribution in [0.25, 0.3) is 50.2 Å². The average molecular weight is 423 g/mol. The van der Waals surface area contributed by atoms with Crippen LogP contribution in [0.5, 0.6) is 0 Å². The van der Waals surface area contributed by atoms with Gasteiger partial charge in [-0.05, 0) is 61.0 Å². The molecule has 0 saturated heterocycles. The van der Waals surface area contributed by atoms with Gasteiger partial charge in [0.25, 0.3) is 0 Å². The fourth-order valence-corrected chi connectivity index (χ4v) is 5.00. The number of aromatic nitrogens is 2. The lowest BCUT2D eigenvalue weighted by atomic mass is 10.1. The summed E-state index contributed by atoms with van der Waals surface area (Å²) in [5.41, 5.74) is 8.15. The lowest BCUT2D eigenvalue weighted by Gasteiger charge is -2.13. The molecule has 0 unspecified atom stereocenters. The Labute approximate surface area is 193 Å². The van der Waals surface area contributed by atoms with Crippen molar-refractivity contribution < 1.29 is 0 Å². The van der Waals surface area contributed by atoms with Gasteiger partial charge >= 0.3 is 0 Å². The Kier molecular flexibility index (Phi) is 4.42.